The fourth-order valence-electron chi connectivity index (χ4n) is 2.39. The quantitative estimate of drug-likeness (QED) is 0.627. The molecule has 4 rings (SSSR count). The van der Waals surface area contributed by atoms with Gasteiger partial charge in [-0.15, -0.1) is 0 Å². The number of anilines is 2. The molecule has 0 aliphatic rings. The Hall–Kier alpha value is -3.28. The van der Waals surface area contributed by atoms with Crippen molar-refractivity contribution in [3.05, 3.63) is 72.9 Å². The lowest BCUT2D eigenvalue weighted by Gasteiger charge is -2.11. The first kappa shape index (κ1) is 13.4. The van der Waals surface area contributed by atoms with E-state index in [4.69, 9.17) is 0 Å². The molecule has 4 aromatic rings. The average molecular weight is 305 g/mol. The Labute approximate surface area is 131 Å². The van der Waals surface area contributed by atoms with E-state index in [1.807, 2.05) is 12.1 Å². The van der Waals surface area contributed by atoms with Crippen molar-refractivity contribution in [1.29, 1.82) is 0 Å². The highest BCUT2D eigenvalue weighted by Crippen LogP contribution is 2.26. The van der Waals surface area contributed by atoms with Crippen molar-refractivity contribution < 1.29 is 4.39 Å². The number of fused-ring (bicyclic) bond motifs is 1. The van der Waals surface area contributed by atoms with Crippen LogP contribution in [0.1, 0.15) is 0 Å². The van der Waals surface area contributed by atoms with Crippen molar-refractivity contribution in [3.63, 3.8) is 0 Å². The van der Waals surface area contributed by atoms with Gasteiger partial charge in [0, 0.05) is 35.8 Å². The minimum atomic E-state index is -0.307. The minimum Gasteiger partial charge on any atom is -0.340 e. The maximum atomic E-state index is 14.1. The van der Waals surface area contributed by atoms with Gasteiger partial charge in [0.15, 0.2) is 5.65 Å². The Kier molecular flexibility index (Phi) is 3.20. The van der Waals surface area contributed by atoms with Gasteiger partial charge >= 0.3 is 0 Å². The lowest BCUT2D eigenvalue weighted by molar-refractivity contribution is 0.630. The number of hydrogen-bond acceptors (Lipinski definition) is 4. The summed E-state index contributed by atoms with van der Waals surface area (Å²) in [6.45, 7) is 0. The third-order valence-electron chi connectivity index (χ3n) is 3.46. The van der Waals surface area contributed by atoms with Crippen LogP contribution in [0, 0.1) is 5.82 Å². The Morgan fingerprint density at radius 2 is 1.78 bits per heavy atom. The van der Waals surface area contributed by atoms with E-state index in [1.54, 1.807) is 53.4 Å². The summed E-state index contributed by atoms with van der Waals surface area (Å²) in [6, 6.07) is 13.8. The van der Waals surface area contributed by atoms with Crippen molar-refractivity contribution >= 4 is 17.2 Å². The van der Waals surface area contributed by atoms with Crippen LogP contribution in [-0.2, 0) is 0 Å². The second-order valence-electron chi connectivity index (χ2n) is 4.97. The van der Waals surface area contributed by atoms with Crippen LogP contribution >= 0.6 is 0 Å². The molecule has 0 aliphatic heterocycles. The smallest absolute Gasteiger partial charge is 0.157 e. The number of pyridine rings is 1. The number of halogens is 1. The van der Waals surface area contributed by atoms with Gasteiger partial charge in [0.25, 0.3) is 0 Å². The van der Waals surface area contributed by atoms with E-state index in [1.165, 1.54) is 6.07 Å². The SMILES string of the molecule is Fc1ccccc1-c1cc(Nc2ccncc2)n2nccc2n1. The van der Waals surface area contributed by atoms with E-state index in [2.05, 4.69) is 20.4 Å². The van der Waals surface area contributed by atoms with E-state index in [0.29, 0.717) is 22.7 Å². The summed E-state index contributed by atoms with van der Waals surface area (Å²) in [5.41, 5.74) is 2.51. The third-order valence-corrected chi connectivity index (χ3v) is 3.46. The molecule has 6 heteroatoms. The predicted octanol–water partition coefficient (Wildman–Crippen LogP) is 3.67. The van der Waals surface area contributed by atoms with E-state index >= 15 is 0 Å². The zero-order chi connectivity index (χ0) is 15.6. The Morgan fingerprint density at radius 1 is 0.957 bits per heavy atom. The molecule has 0 atom stereocenters. The predicted molar refractivity (Wildman–Crippen MR) is 85.9 cm³/mol. The summed E-state index contributed by atoms with van der Waals surface area (Å²) in [7, 11) is 0. The summed E-state index contributed by atoms with van der Waals surface area (Å²) >= 11 is 0. The third kappa shape index (κ3) is 2.50. The molecule has 0 saturated heterocycles. The fraction of sp³-hybridized carbons (Fsp3) is 0. The first-order valence-electron chi connectivity index (χ1n) is 7.08. The molecule has 5 nitrogen and oxygen atoms in total. The van der Waals surface area contributed by atoms with Crippen molar-refractivity contribution in [2.24, 2.45) is 0 Å². The molecule has 0 unspecified atom stereocenters. The van der Waals surface area contributed by atoms with Crippen LogP contribution in [0.4, 0.5) is 15.9 Å². The Bertz CT molecular complexity index is 965. The lowest BCUT2D eigenvalue weighted by atomic mass is 10.1. The number of benzene rings is 1. The molecule has 0 fully saturated rings. The number of rotatable bonds is 3. The Balaban J connectivity index is 1.87. The van der Waals surface area contributed by atoms with Gasteiger partial charge in [-0.05, 0) is 24.3 Å². The molecule has 3 aromatic heterocycles. The number of nitrogens with one attached hydrogen (secondary N) is 1. The van der Waals surface area contributed by atoms with Crippen LogP contribution < -0.4 is 5.32 Å². The second-order valence-corrected chi connectivity index (χ2v) is 4.97. The largest absolute Gasteiger partial charge is 0.340 e. The van der Waals surface area contributed by atoms with Gasteiger partial charge in [-0.2, -0.15) is 9.61 Å². The topological polar surface area (TPSA) is 55.1 Å². The molecule has 0 radical (unpaired) electrons. The van der Waals surface area contributed by atoms with Crippen LogP contribution in [0.5, 0.6) is 0 Å². The van der Waals surface area contributed by atoms with E-state index < -0.39 is 0 Å². The molecule has 23 heavy (non-hydrogen) atoms. The molecule has 1 aromatic carbocycles. The van der Waals surface area contributed by atoms with E-state index in [0.717, 1.165) is 5.69 Å². The maximum absolute atomic E-state index is 14.1. The highest BCUT2D eigenvalue weighted by Gasteiger charge is 2.11. The van der Waals surface area contributed by atoms with Gasteiger partial charge in [-0.1, -0.05) is 12.1 Å². The molecule has 0 spiro atoms. The summed E-state index contributed by atoms with van der Waals surface area (Å²) in [4.78, 5) is 8.47. The molecular formula is C17H12FN5. The van der Waals surface area contributed by atoms with E-state index in [9.17, 15) is 4.39 Å². The molecule has 3 heterocycles. The van der Waals surface area contributed by atoms with Crippen molar-refractivity contribution in [3.8, 4) is 11.3 Å². The zero-order valence-corrected chi connectivity index (χ0v) is 12.0. The van der Waals surface area contributed by atoms with Gasteiger partial charge in [-0.25, -0.2) is 9.37 Å². The van der Waals surface area contributed by atoms with Gasteiger partial charge in [0.2, 0.25) is 0 Å². The summed E-state index contributed by atoms with van der Waals surface area (Å²) in [6.07, 6.45) is 5.05. The summed E-state index contributed by atoms with van der Waals surface area (Å²) < 4.78 is 15.7. The molecule has 0 aliphatic carbocycles. The monoisotopic (exact) mass is 305 g/mol. The van der Waals surface area contributed by atoms with E-state index in [-0.39, 0.29) is 5.82 Å². The first-order valence-corrected chi connectivity index (χ1v) is 7.08. The van der Waals surface area contributed by atoms with Crippen LogP contribution in [0.15, 0.2) is 67.1 Å². The van der Waals surface area contributed by atoms with Gasteiger partial charge in [-0.3, -0.25) is 4.98 Å². The number of nitrogens with zero attached hydrogens (tertiary/aromatic N) is 4. The van der Waals surface area contributed by atoms with Crippen molar-refractivity contribution in [1.82, 2.24) is 19.6 Å². The minimum absolute atomic E-state index is 0.307. The first-order chi connectivity index (χ1) is 11.3. The molecular weight excluding hydrogens is 293 g/mol. The van der Waals surface area contributed by atoms with Crippen LogP contribution in [-0.4, -0.2) is 19.6 Å². The van der Waals surface area contributed by atoms with Crippen LogP contribution in [0.25, 0.3) is 16.9 Å². The zero-order valence-electron chi connectivity index (χ0n) is 12.0. The molecule has 112 valence electrons. The molecule has 0 saturated carbocycles. The number of aromatic nitrogens is 4. The van der Waals surface area contributed by atoms with Gasteiger partial charge in [0.05, 0.1) is 11.9 Å². The summed E-state index contributed by atoms with van der Waals surface area (Å²) in [5.74, 6) is 0.392. The second kappa shape index (κ2) is 5.49. The average Bonchev–Trinajstić information content (AvgIpc) is 3.05. The fourth-order valence-corrected chi connectivity index (χ4v) is 2.39. The van der Waals surface area contributed by atoms with Crippen LogP contribution in [0.2, 0.25) is 0 Å². The molecule has 0 bridgehead atoms. The molecule has 0 amide bonds. The van der Waals surface area contributed by atoms with Crippen molar-refractivity contribution in [2.75, 3.05) is 5.32 Å². The maximum Gasteiger partial charge on any atom is 0.157 e. The summed E-state index contributed by atoms with van der Waals surface area (Å²) in [5, 5.41) is 7.51. The highest BCUT2D eigenvalue weighted by atomic mass is 19.1. The molecule has 1 N–H and O–H groups in total. The Morgan fingerprint density at radius 3 is 2.61 bits per heavy atom. The van der Waals surface area contributed by atoms with Gasteiger partial charge in [0.1, 0.15) is 11.6 Å². The van der Waals surface area contributed by atoms with Crippen molar-refractivity contribution in [2.45, 2.75) is 0 Å². The van der Waals surface area contributed by atoms with Crippen LogP contribution in [0.3, 0.4) is 0 Å². The highest BCUT2D eigenvalue weighted by molar-refractivity contribution is 5.69. The normalized spacial score (nSPS) is 10.8. The van der Waals surface area contributed by atoms with Gasteiger partial charge < -0.3 is 5.32 Å². The standard InChI is InChI=1S/C17H12FN5/c18-14-4-2-1-3-13(14)15-11-17(21-12-5-8-19-9-6-12)23-16(22-15)7-10-20-23/h1-11H,(H,19,21). The lowest BCUT2D eigenvalue weighted by Crippen LogP contribution is -2.02. The number of hydrogen-bond donors (Lipinski definition) is 1.